The number of rotatable bonds is 13. The first-order valence-electron chi connectivity index (χ1n) is 7.03. The normalized spacial score (nSPS) is 11.5. The topological polar surface area (TPSA) is 108 Å². The number of hydrazine groups is 1. The van der Waals surface area contributed by atoms with Gasteiger partial charge >= 0.3 is 0 Å². The highest BCUT2D eigenvalue weighted by Gasteiger charge is 1.99. The highest BCUT2D eigenvalue weighted by molar-refractivity contribution is 5.75. The van der Waals surface area contributed by atoms with Crippen molar-refractivity contribution in [3.05, 3.63) is 11.9 Å². The van der Waals surface area contributed by atoms with Gasteiger partial charge in [0.15, 0.2) is 0 Å². The summed E-state index contributed by atoms with van der Waals surface area (Å²) in [6.45, 7) is 5.34. The number of nitrogens with two attached hydrogens (primary N) is 2. The van der Waals surface area contributed by atoms with Gasteiger partial charge in [0, 0.05) is 24.7 Å². The molecule has 0 unspecified atom stereocenters. The first kappa shape index (κ1) is 19.6. The van der Waals surface area contributed by atoms with Crippen LogP contribution in [-0.2, 0) is 19.1 Å². The van der Waals surface area contributed by atoms with Crippen LogP contribution in [0, 0.1) is 0 Å². The molecule has 7 heteroatoms. The Morgan fingerprint density at radius 1 is 0.952 bits per heavy atom. The van der Waals surface area contributed by atoms with Crippen molar-refractivity contribution in [2.75, 3.05) is 33.0 Å². The number of nitrogens with zero attached hydrogens (tertiary/aromatic N) is 1. The van der Waals surface area contributed by atoms with Crippen molar-refractivity contribution in [2.24, 2.45) is 11.6 Å². The zero-order valence-electron chi connectivity index (χ0n) is 13.0. The molecule has 0 aromatic heterocycles. The highest BCUT2D eigenvalue weighted by Crippen LogP contribution is 1.99. The van der Waals surface area contributed by atoms with E-state index in [4.69, 9.17) is 21.1 Å². The molecule has 122 valence electrons. The Balaban J connectivity index is 3.52. The third-order valence-electron chi connectivity index (χ3n) is 2.56. The minimum atomic E-state index is 0.100. The van der Waals surface area contributed by atoms with Gasteiger partial charge in [-0.25, -0.2) is 5.84 Å². The molecule has 0 saturated heterocycles. The zero-order valence-corrected chi connectivity index (χ0v) is 13.0. The van der Waals surface area contributed by atoms with E-state index < -0.39 is 0 Å². The minimum Gasteiger partial charge on any atom is -0.401 e. The van der Waals surface area contributed by atoms with E-state index in [1.54, 1.807) is 6.20 Å². The molecule has 0 saturated carbocycles. The summed E-state index contributed by atoms with van der Waals surface area (Å²) in [6, 6.07) is 0. The lowest BCUT2D eigenvalue weighted by Crippen LogP contribution is -2.30. The second kappa shape index (κ2) is 12.3. The number of carbonyl (C=O) groups is 2. The van der Waals surface area contributed by atoms with E-state index in [1.165, 1.54) is 18.9 Å². The van der Waals surface area contributed by atoms with Crippen LogP contribution < -0.4 is 11.6 Å². The average molecular weight is 301 g/mol. The number of allylic oxidation sites excluding steroid dienone is 1. The molecular formula is C14H27N3O4. The van der Waals surface area contributed by atoms with Crippen LogP contribution in [0.2, 0.25) is 0 Å². The zero-order chi connectivity index (χ0) is 16.1. The van der Waals surface area contributed by atoms with Gasteiger partial charge in [-0.05, 0) is 20.3 Å². The molecule has 0 aliphatic carbocycles. The summed E-state index contributed by atoms with van der Waals surface area (Å²) in [5.41, 5.74) is 6.30. The number of carbonyl (C=O) groups excluding carboxylic acids is 2. The van der Waals surface area contributed by atoms with E-state index >= 15 is 0 Å². The fraction of sp³-hybridized carbons (Fsp3) is 0.714. The second-order valence-corrected chi connectivity index (χ2v) is 4.82. The molecule has 0 aliphatic rings. The van der Waals surface area contributed by atoms with Crippen LogP contribution in [0.15, 0.2) is 11.9 Å². The van der Waals surface area contributed by atoms with Crippen LogP contribution in [0.4, 0.5) is 0 Å². The Labute approximate surface area is 126 Å². The lowest BCUT2D eigenvalue weighted by atomic mass is 10.2. The molecule has 0 heterocycles. The molecule has 0 aliphatic heterocycles. The van der Waals surface area contributed by atoms with E-state index in [0.29, 0.717) is 57.9 Å². The summed E-state index contributed by atoms with van der Waals surface area (Å²) in [6.07, 6.45) is 2.97. The van der Waals surface area contributed by atoms with Crippen molar-refractivity contribution in [1.29, 1.82) is 0 Å². The minimum absolute atomic E-state index is 0.100. The van der Waals surface area contributed by atoms with Gasteiger partial charge in [-0.3, -0.25) is 4.79 Å². The molecule has 0 atom stereocenters. The van der Waals surface area contributed by atoms with Gasteiger partial charge in [-0.2, -0.15) is 0 Å². The average Bonchev–Trinajstić information content (AvgIpc) is 2.39. The van der Waals surface area contributed by atoms with Crippen LogP contribution in [-0.4, -0.2) is 49.5 Å². The van der Waals surface area contributed by atoms with Crippen LogP contribution in [0.1, 0.15) is 33.1 Å². The van der Waals surface area contributed by atoms with Crippen molar-refractivity contribution in [3.63, 3.8) is 0 Å². The maximum absolute atomic E-state index is 10.8. The highest BCUT2D eigenvalue weighted by atomic mass is 16.5. The van der Waals surface area contributed by atoms with Gasteiger partial charge < -0.3 is 25.0 Å². The van der Waals surface area contributed by atoms with Gasteiger partial charge in [0.05, 0.1) is 33.0 Å². The van der Waals surface area contributed by atoms with E-state index in [2.05, 4.69) is 0 Å². The largest absolute Gasteiger partial charge is 0.401 e. The Morgan fingerprint density at radius 2 is 1.52 bits per heavy atom. The molecule has 0 radical (unpaired) electrons. The Bertz CT molecular complexity index is 345. The Hall–Kier alpha value is -1.44. The molecule has 0 rings (SSSR count). The monoisotopic (exact) mass is 301 g/mol. The maximum Gasteiger partial charge on any atom is 0.132 e. The number of Topliss-reactive ketones (excluding diaryl/α,β-unsaturated/α-hetero) is 2. The standard InChI is InChI=1S/C14H27N3O4/c1-12(18)3-4-14(15)11-17(16)6-8-21-10-9-20-7-5-13(2)19/h11H,3-10,15-16H2,1-2H3/b14-11-. The van der Waals surface area contributed by atoms with Gasteiger partial charge in [0.25, 0.3) is 0 Å². The lowest BCUT2D eigenvalue weighted by Gasteiger charge is -2.15. The third kappa shape index (κ3) is 14.8. The molecule has 0 spiro atoms. The molecule has 0 amide bonds. The molecule has 21 heavy (non-hydrogen) atoms. The van der Waals surface area contributed by atoms with Gasteiger partial charge in [0.2, 0.25) is 0 Å². The first-order valence-corrected chi connectivity index (χ1v) is 7.03. The number of hydrogen-bond donors (Lipinski definition) is 2. The molecule has 0 aromatic rings. The van der Waals surface area contributed by atoms with E-state index in [1.807, 2.05) is 0 Å². The fourth-order valence-corrected chi connectivity index (χ4v) is 1.37. The Kier molecular flexibility index (Phi) is 11.5. The van der Waals surface area contributed by atoms with Gasteiger partial charge in [0.1, 0.15) is 11.6 Å². The van der Waals surface area contributed by atoms with E-state index in [-0.39, 0.29) is 11.6 Å². The second-order valence-electron chi connectivity index (χ2n) is 4.82. The molecule has 7 nitrogen and oxygen atoms in total. The smallest absolute Gasteiger partial charge is 0.132 e. The van der Waals surface area contributed by atoms with Crippen LogP contribution in [0.3, 0.4) is 0 Å². The number of ketones is 2. The lowest BCUT2D eigenvalue weighted by molar-refractivity contribution is -0.118. The van der Waals surface area contributed by atoms with Crippen molar-refractivity contribution in [2.45, 2.75) is 33.1 Å². The molecule has 0 fully saturated rings. The van der Waals surface area contributed by atoms with Crippen molar-refractivity contribution in [3.8, 4) is 0 Å². The quantitative estimate of drug-likeness (QED) is 0.287. The Morgan fingerprint density at radius 3 is 2.10 bits per heavy atom. The predicted octanol–water partition coefficient (Wildman–Crippen LogP) is 0.344. The summed E-state index contributed by atoms with van der Waals surface area (Å²) >= 11 is 0. The van der Waals surface area contributed by atoms with Crippen LogP contribution >= 0.6 is 0 Å². The SMILES string of the molecule is CC(=O)CCOCCOCCN(N)/C=C(\N)CCC(C)=O. The van der Waals surface area contributed by atoms with Crippen molar-refractivity contribution >= 4 is 11.6 Å². The third-order valence-corrected chi connectivity index (χ3v) is 2.56. The number of hydrogen-bond acceptors (Lipinski definition) is 7. The van der Waals surface area contributed by atoms with E-state index in [9.17, 15) is 9.59 Å². The number of ether oxygens (including phenoxy) is 2. The predicted molar refractivity (Wildman–Crippen MR) is 80.0 cm³/mol. The molecule has 4 N–H and O–H groups in total. The summed E-state index contributed by atoms with van der Waals surface area (Å²) in [5, 5.41) is 1.44. The van der Waals surface area contributed by atoms with Crippen molar-refractivity contribution < 1.29 is 19.1 Å². The summed E-state index contributed by atoms with van der Waals surface area (Å²) in [5.74, 6) is 5.93. The summed E-state index contributed by atoms with van der Waals surface area (Å²) < 4.78 is 10.6. The first-order chi connectivity index (χ1) is 9.91. The molecule has 0 bridgehead atoms. The van der Waals surface area contributed by atoms with Crippen molar-refractivity contribution in [1.82, 2.24) is 5.01 Å². The van der Waals surface area contributed by atoms with Gasteiger partial charge in [-0.15, -0.1) is 0 Å². The van der Waals surface area contributed by atoms with Crippen LogP contribution in [0.25, 0.3) is 0 Å². The fourth-order valence-electron chi connectivity index (χ4n) is 1.37. The molecule has 0 aromatic carbocycles. The summed E-state index contributed by atoms with van der Waals surface area (Å²) in [4.78, 5) is 21.5. The van der Waals surface area contributed by atoms with Gasteiger partial charge in [-0.1, -0.05) is 0 Å². The maximum atomic E-state index is 10.8. The summed E-state index contributed by atoms with van der Waals surface area (Å²) in [7, 11) is 0. The van der Waals surface area contributed by atoms with E-state index in [0.717, 1.165) is 0 Å². The molecular weight excluding hydrogens is 274 g/mol. The van der Waals surface area contributed by atoms with Crippen LogP contribution in [0.5, 0.6) is 0 Å².